The lowest BCUT2D eigenvalue weighted by Crippen LogP contribution is -2.28. The van der Waals surface area contributed by atoms with Gasteiger partial charge < -0.3 is 74.5 Å². The van der Waals surface area contributed by atoms with Gasteiger partial charge in [0, 0.05) is 44.6 Å². The van der Waals surface area contributed by atoms with Crippen molar-refractivity contribution in [1.29, 1.82) is 0 Å². The predicted molar refractivity (Wildman–Crippen MR) is 236 cm³/mol. The van der Waals surface area contributed by atoms with E-state index in [4.69, 9.17) is 65.3 Å². The first-order valence-corrected chi connectivity index (χ1v) is 21.5. The molecule has 1 aromatic carbocycles. The Morgan fingerprint density at radius 3 is 1.80 bits per heavy atom. The molecule has 3 amide bonds. The van der Waals surface area contributed by atoms with Crippen LogP contribution in [0.4, 0.5) is 16.6 Å². The molecule has 4 aromatic rings. The van der Waals surface area contributed by atoms with Gasteiger partial charge in [0.15, 0.2) is 17.8 Å². The number of hydrogen-bond donors (Lipinski definition) is 5. The Hall–Kier alpha value is -5.71. The van der Waals surface area contributed by atoms with Crippen molar-refractivity contribution in [2.75, 3.05) is 143 Å². The van der Waals surface area contributed by atoms with Crippen LogP contribution in [0.5, 0.6) is 0 Å². The second-order valence-corrected chi connectivity index (χ2v) is 13.8. The maximum atomic E-state index is 12.3. The molecule has 7 N–H and O–H groups in total. The summed E-state index contributed by atoms with van der Waals surface area (Å²) in [7, 11) is 0. The van der Waals surface area contributed by atoms with E-state index in [2.05, 4.69) is 41.6 Å². The fourth-order valence-corrected chi connectivity index (χ4v) is 5.77. The molecule has 0 aliphatic heterocycles. The van der Waals surface area contributed by atoms with Crippen LogP contribution in [0.2, 0.25) is 0 Å². The number of carbonyl (C=O) groups excluding carboxylic acids is 3. The maximum Gasteiger partial charge on any atom is 0.408 e. The minimum Gasteiger partial charge on any atom is -0.436 e. The summed E-state index contributed by atoms with van der Waals surface area (Å²) in [5.74, 6) is 2.32. The SMILES string of the molecule is C#CCOC(=O)NCCOCCOCCOCCOCCC(=O)NCCOCCOCCOCCOCCC(=O)NCCCCn1nc(-c2ccc3oc(N)nc3c2)c2c(N)ncnc21. The minimum atomic E-state index is -0.583. The fourth-order valence-electron chi connectivity index (χ4n) is 5.77. The van der Waals surface area contributed by atoms with Crippen molar-refractivity contribution in [2.24, 2.45) is 0 Å². The minimum absolute atomic E-state index is 0.0741. The number of oxazole rings is 1. The molecule has 3 aromatic heterocycles. The molecule has 3 heterocycles. The second-order valence-electron chi connectivity index (χ2n) is 13.8. The number of ether oxygens (including phenoxy) is 9. The van der Waals surface area contributed by atoms with E-state index in [-0.39, 0.29) is 43.9 Å². The third kappa shape index (κ3) is 21.2. The van der Waals surface area contributed by atoms with Gasteiger partial charge in [-0.1, -0.05) is 5.92 Å². The highest BCUT2D eigenvalue weighted by Crippen LogP contribution is 2.32. The van der Waals surface area contributed by atoms with Gasteiger partial charge in [-0.25, -0.2) is 19.4 Å². The molecule has 0 radical (unpaired) electrons. The highest BCUT2D eigenvalue weighted by Gasteiger charge is 2.18. The number of alkyl carbamates (subject to hydrolysis) is 1. The molecule has 0 aliphatic carbocycles. The van der Waals surface area contributed by atoms with Gasteiger partial charge in [0.25, 0.3) is 6.01 Å². The molecule has 0 aliphatic rings. The number of fused-ring (bicyclic) bond motifs is 2. The van der Waals surface area contributed by atoms with Crippen molar-refractivity contribution in [3.8, 4) is 23.6 Å². The van der Waals surface area contributed by atoms with Crippen molar-refractivity contribution < 1.29 is 61.4 Å². The zero-order valence-corrected chi connectivity index (χ0v) is 36.8. The Balaban J connectivity index is 0.853. The van der Waals surface area contributed by atoms with Crippen molar-refractivity contribution in [1.82, 2.24) is 40.7 Å². The van der Waals surface area contributed by atoms with Gasteiger partial charge in [-0.2, -0.15) is 10.1 Å². The molecule has 0 saturated heterocycles. The van der Waals surface area contributed by atoms with Crippen molar-refractivity contribution in [2.45, 2.75) is 32.2 Å². The number of anilines is 2. The number of terminal acetylenes is 1. The van der Waals surface area contributed by atoms with Gasteiger partial charge in [0.2, 0.25) is 11.8 Å². The third-order valence-electron chi connectivity index (χ3n) is 8.90. The Bertz CT molecular complexity index is 2030. The average molecular weight is 915 g/mol. The standard InChI is InChI=1S/C42H62N10O13/c1-2-13-64-42(55)47-11-17-59-21-25-63-29-27-61-23-19-57-15-8-36(54)46-10-16-58-20-24-62-28-26-60-22-18-56-14-7-35(53)45-9-3-4-12-52-40-37(39(43)48-31-49-40)38(51-52)32-5-6-34-33(30-32)50-41(44)65-34/h1,5-6,30-31H,3-4,7-29H2,(H2,44,50)(H,45,53)(H,46,54)(H,47,55)(H2,43,48,49). The summed E-state index contributed by atoms with van der Waals surface area (Å²) in [4.78, 5) is 48.2. The topological polar surface area (TPSA) is 292 Å². The van der Waals surface area contributed by atoms with E-state index in [0.29, 0.717) is 159 Å². The third-order valence-corrected chi connectivity index (χ3v) is 8.90. The molecule has 23 heteroatoms. The van der Waals surface area contributed by atoms with Crippen LogP contribution in [0.1, 0.15) is 25.7 Å². The Morgan fingerprint density at radius 2 is 1.22 bits per heavy atom. The van der Waals surface area contributed by atoms with Gasteiger partial charge in [-0.15, -0.1) is 6.42 Å². The van der Waals surface area contributed by atoms with Gasteiger partial charge in [-0.3, -0.25) is 9.59 Å². The summed E-state index contributed by atoms with van der Waals surface area (Å²) in [6.07, 6.45) is 7.81. The molecule has 0 saturated carbocycles. The zero-order chi connectivity index (χ0) is 46.2. The zero-order valence-electron chi connectivity index (χ0n) is 36.8. The van der Waals surface area contributed by atoms with Crippen molar-refractivity contribution >= 4 is 51.9 Å². The van der Waals surface area contributed by atoms with E-state index in [1.807, 2.05) is 12.1 Å². The fraction of sp³-hybridized carbons (Fsp3) is 0.595. The number of unbranched alkanes of at least 4 members (excludes halogenated alkanes) is 1. The van der Waals surface area contributed by atoms with E-state index in [0.717, 1.165) is 18.4 Å². The number of nitrogens with zero attached hydrogens (tertiary/aromatic N) is 5. The molecule has 0 bridgehead atoms. The first-order valence-electron chi connectivity index (χ1n) is 21.5. The summed E-state index contributed by atoms with van der Waals surface area (Å²) < 4.78 is 55.4. The molecule has 23 nitrogen and oxygen atoms in total. The largest absolute Gasteiger partial charge is 0.436 e. The van der Waals surface area contributed by atoms with Crippen LogP contribution in [-0.2, 0) is 58.8 Å². The van der Waals surface area contributed by atoms with Crippen LogP contribution in [-0.4, -0.2) is 175 Å². The predicted octanol–water partition coefficient (Wildman–Crippen LogP) is 1.08. The maximum absolute atomic E-state index is 12.3. The number of aryl methyl sites for hydroxylation is 1. The van der Waals surface area contributed by atoms with E-state index in [1.165, 1.54) is 6.33 Å². The van der Waals surface area contributed by atoms with E-state index < -0.39 is 6.09 Å². The molecular formula is C42H62N10O13. The molecule has 358 valence electrons. The highest BCUT2D eigenvalue weighted by atomic mass is 16.6. The van der Waals surface area contributed by atoms with Crippen LogP contribution in [0.3, 0.4) is 0 Å². The van der Waals surface area contributed by atoms with Gasteiger partial charge in [0.1, 0.15) is 23.4 Å². The number of aromatic nitrogens is 5. The van der Waals surface area contributed by atoms with Gasteiger partial charge in [0.05, 0.1) is 111 Å². The van der Waals surface area contributed by atoms with Crippen LogP contribution < -0.4 is 27.4 Å². The Morgan fingerprint density at radius 1 is 0.677 bits per heavy atom. The summed E-state index contributed by atoms with van der Waals surface area (Å²) in [6, 6.07) is 5.57. The molecular weight excluding hydrogens is 853 g/mol. The molecule has 0 spiro atoms. The smallest absolute Gasteiger partial charge is 0.408 e. The summed E-state index contributed by atoms with van der Waals surface area (Å²) in [5.41, 5.74) is 15.2. The summed E-state index contributed by atoms with van der Waals surface area (Å²) in [6.45, 7) is 7.68. The number of benzene rings is 1. The van der Waals surface area contributed by atoms with Gasteiger partial charge >= 0.3 is 6.09 Å². The van der Waals surface area contributed by atoms with E-state index >= 15 is 0 Å². The number of hydrogen-bond acceptors (Lipinski definition) is 19. The average Bonchev–Trinajstić information content (AvgIpc) is 3.87. The highest BCUT2D eigenvalue weighted by molar-refractivity contribution is 5.99. The lowest BCUT2D eigenvalue weighted by molar-refractivity contribution is -0.123. The number of amides is 3. The number of nitrogens with one attached hydrogen (secondary N) is 3. The molecule has 65 heavy (non-hydrogen) atoms. The van der Waals surface area contributed by atoms with E-state index in [9.17, 15) is 14.4 Å². The van der Waals surface area contributed by atoms with E-state index in [1.54, 1.807) is 10.7 Å². The number of rotatable bonds is 37. The quantitative estimate of drug-likeness (QED) is 0.0312. The number of nitrogen functional groups attached to an aromatic ring is 2. The molecule has 0 fully saturated rings. The lowest BCUT2D eigenvalue weighted by Gasteiger charge is -2.09. The molecule has 4 rings (SSSR count). The van der Waals surface area contributed by atoms with Crippen LogP contribution in [0.25, 0.3) is 33.4 Å². The Labute approximate surface area is 377 Å². The Kier molecular flexibility index (Phi) is 25.6. The summed E-state index contributed by atoms with van der Waals surface area (Å²) in [5, 5.41) is 13.7. The normalized spacial score (nSPS) is 11.2. The second kappa shape index (κ2) is 32.0. The first kappa shape index (κ1) is 51.9. The van der Waals surface area contributed by atoms with Crippen molar-refractivity contribution in [3.63, 3.8) is 0 Å². The monoisotopic (exact) mass is 914 g/mol. The van der Waals surface area contributed by atoms with Gasteiger partial charge in [-0.05, 0) is 31.0 Å². The number of carbonyl (C=O) groups is 3. The number of nitrogens with two attached hydrogens (primary N) is 2. The summed E-state index contributed by atoms with van der Waals surface area (Å²) >= 11 is 0. The van der Waals surface area contributed by atoms with Crippen LogP contribution in [0.15, 0.2) is 28.9 Å². The van der Waals surface area contributed by atoms with Crippen molar-refractivity contribution in [3.05, 3.63) is 24.5 Å². The molecule has 0 atom stereocenters. The lowest BCUT2D eigenvalue weighted by atomic mass is 10.1. The first-order chi connectivity index (χ1) is 31.9. The molecule has 0 unspecified atom stereocenters. The van der Waals surface area contributed by atoms with Crippen LogP contribution >= 0.6 is 0 Å². The van der Waals surface area contributed by atoms with Crippen LogP contribution in [0, 0.1) is 12.3 Å².